The summed E-state index contributed by atoms with van der Waals surface area (Å²) in [7, 11) is 1.25. The van der Waals surface area contributed by atoms with Crippen molar-refractivity contribution < 1.29 is 24.2 Å². The minimum absolute atomic E-state index is 0.252. The Labute approximate surface area is 117 Å². The molecule has 0 aliphatic carbocycles. The predicted molar refractivity (Wildman–Crippen MR) is 70.9 cm³/mol. The van der Waals surface area contributed by atoms with Gasteiger partial charge in [0, 0.05) is 22.3 Å². The summed E-state index contributed by atoms with van der Waals surface area (Å²) in [5.74, 6) is -2.38. The number of hydrogen-bond donors (Lipinski definition) is 2. The third kappa shape index (κ3) is 4.55. The number of anilines is 1. The molecule has 1 aromatic carbocycles. The van der Waals surface area contributed by atoms with Crippen LogP contribution in [0.4, 0.5) is 5.69 Å². The monoisotopic (exact) mass is 327 g/mol. The summed E-state index contributed by atoms with van der Waals surface area (Å²) in [6, 6.07) is 4.55. The molecule has 0 unspecified atom stereocenters. The number of carboxylic acid groups (broad SMARTS) is 1. The zero-order chi connectivity index (χ0) is 14.4. The van der Waals surface area contributed by atoms with E-state index in [1.165, 1.54) is 13.2 Å². The van der Waals surface area contributed by atoms with Gasteiger partial charge in [-0.15, -0.1) is 0 Å². The van der Waals surface area contributed by atoms with Gasteiger partial charge in [-0.1, -0.05) is 0 Å². The minimum atomic E-state index is -1.22. The van der Waals surface area contributed by atoms with Crippen LogP contribution in [0.2, 0.25) is 0 Å². The van der Waals surface area contributed by atoms with E-state index in [2.05, 4.69) is 26.0 Å². The van der Waals surface area contributed by atoms with Gasteiger partial charge in [-0.25, -0.2) is 9.59 Å². The van der Waals surface area contributed by atoms with Crippen molar-refractivity contribution in [3.63, 3.8) is 0 Å². The standard InChI is InChI=1S/C12H10BrNO5/c1-19-12(18)8-6-7(2-3-9(8)13)14-10(15)4-5-11(16)17/h2-6H,1H3,(H,14,15)(H,16,17). The smallest absolute Gasteiger partial charge is 0.339 e. The molecule has 0 aliphatic heterocycles. The largest absolute Gasteiger partial charge is 0.478 e. The molecule has 0 heterocycles. The van der Waals surface area contributed by atoms with Crippen molar-refractivity contribution in [2.24, 2.45) is 0 Å². The average Bonchev–Trinajstić information content (AvgIpc) is 2.37. The Morgan fingerprint density at radius 2 is 2.00 bits per heavy atom. The molecular formula is C12H10BrNO5. The highest BCUT2D eigenvalue weighted by Gasteiger charge is 2.11. The van der Waals surface area contributed by atoms with Crippen molar-refractivity contribution in [1.29, 1.82) is 0 Å². The maximum absolute atomic E-state index is 11.4. The molecule has 0 bridgehead atoms. The van der Waals surface area contributed by atoms with Crippen LogP contribution in [0.1, 0.15) is 10.4 Å². The highest BCUT2D eigenvalue weighted by atomic mass is 79.9. The van der Waals surface area contributed by atoms with E-state index in [1.54, 1.807) is 12.1 Å². The van der Waals surface area contributed by atoms with Crippen LogP contribution in [-0.2, 0) is 14.3 Å². The summed E-state index contributed by atoms with van der Waals surface area (Å²) in [4.78, 5) is 33.0. The van der Waals surface area contributed by atoms with Crippen LogP contribution in [0.15, 0.2) is 34.8 Å². The summed E-state index contributed by atoms with van der Waals surface area (Å²) < 4.78 is 5.11. The van der Waals surface area contributed by atoms with E-state index in [-0.39, 0.29) is 5.56 Å². The summed E-state index contributed by atoms with van der Waals surface area (Å²) in [6.07, 6.45) is 1.59. The third-order valence-corrected chi connectivity index (χ3v) is 2.71. The first-order valence-electron chi connectivity index (χ1n) is 5.04. The average molecular weight is 328 g/mol. The molecule has 100 valence electrons. The fourth-order valence-electron chi connectivity index (χ4n) is 1.20. The second kappa shape index (κ2) is 6.69. The number of hydrogen-bond acceptors (Lipinski definition) is 4. The van der Waals surface area contributed by atoms with Crippen LogP contribution < -0.4 is 5.32 Å². The van der Waals surface area contributed by atoms with E-state index < -0.39 is 17.8 Å². The highest BCUT2D eigenvalue weighted by molar-refractivity contribution is 9.10. The molecule has 7 heteroatoms. The number of rotatable bonds is 4. The molecule has 0 fully saturated rings. The second-order valence-electron chi connectivity index (χ2n) is 3.35. The Balaban J connectivity index is 2.88. The van der Waals surface area contributed by atoms with Crippen LogP contribution in [0.25, 0.3) is 0 Å². The van der Waals surface area contributed by atoms with Gasteiger partial charge in [-0.2, -0.15) is 0 Å². The van der Waals surface area contributed by atoms with Crippen molar-refractivity contribution in [3.8, 4) is 0 Å². The number of carboxylic acids is 1. The predicted octanol–water partition coefficient (Wildman–Crippen LogP) is 1.82. The normalized spacial score (nSPS) is 10.2. The molecule has 0 saturated heterocycles. The van der Waals surface area contributed by atoms with Crippen LogP contribution in [0.5, 0.6) is 0 Å². The van der Waals surface area contributed by atoms with Crippen molar-refractivity contribution in [3.05, 3.63) is 40.4 Å². The number of ether oxygens (including phenoxy) is 1. The van der Waals surface area contributed by atoms with Gasteiger partial charge in [-0.3, -0.25) is 4.79 Å². The maximum Gasteiger partial charge on any atom is 0.339 e. The van der Waals surface area contributed by atoms with Crippen LogP contribution >= 0.6 is 15.9 Å². The number of methoxy groups -OCH3 is 1. The van der Waals surface area contributed by atoms with Crippen molar-refractivity contribution in [2.75, 3.05) is 12.4 Å². The molecule has 0 spiro atoms. The molecule has 0 saturated carbocycles. The van der Waals surface area contributed by atoms with Crippen molar-refractivity contribution >= 4 is 39.5 Å². The molecule has 19 heavy (non-hydrogen) atoms. The van der Waals surface area contributed by atoms with Gasteiger partial charge in [0.15, 0.2) is 0 Å². The van der Waals surface area contributed by atoms with Gasteiger partial charge in [0.2, 0.25) is 5.91 Å². The lowest BCUT2D eigenvalue weighted by atomic mass is 10.2. The molecule has 0 aromatic heterocycles. The van der Waals surface area contributed by atoms with Gasteiger partial charge in [-0.05, 0) is 34.1 Å². The topological polar surface area (TPSA) is 92.7 Å². The lowest BCUT2D eigenvalue weighted by Gasteiger charge is -2.06. The van der Waals surface area contributed by atoms with E-state index in [0.29, 0.717) is 10.2 Å². The lowest BCUT2D eigenvalue weighted by Crippen LogP contribution is -2.10. The van der Waals surface area contributed by atoms with Crippen molar-refractivity contribution in [2.45, 2.75) is 0 Å². The van der Waals surface area contributed by atoms with Crippen LogP contribution in [-0.4, -0.2) is 30.1 Å². The molecule has 1 aromatic rings. The summed E-state index contributed by atoms with van der Waals surface area (Å²) in [5.41, 5.74) is 0.603. The molecule has 1 rings (SSSR count). The van der Waals surface area contributed by atoms with Gasteiger partial charge in [0.05, 0.1) is 12.7 Å². The van der Waals surface area contributed by atoms with E-state index in [9.17, 15) is 14.4 Å². The fraction of sp³-hybridized carbons (Fsp3) is 0.0833. The Morgan fingerprint density at radius 3 is 2.58 bits per heavy atom. The highest BCUT2D eigenvalue weighted by Crippen LogP contribution is 2.21. The molecule has 2 N–H and O–H groups in total. The number of carbonyl (C=O) groups excluding carboxylic acids is 2. The zero-order valence-corrected chi connectivity index (χ0v) is 11.4. The zero-order valence-electron chi connectivity index (χ0n) is 9.84. The summed E-state index contributed by atoms with van der Waals surface area (Å²) >= 11 is 3.18. The quantitative estimate of drug-likeness (QED) is 0.650. The molecule has 0 atom stereocenters. The van der Waals surface area contributed by atoms with Gasteiger partial charge in [0.1, 0.15) is 0 Å². The first-order chi connectivity index (χ1) is 8.93. The Hall–Kier alpha value is -2.15. The first-order valence-corrected chi connectivity index (χ1v) is 5.83. The minimum Gasteiger partial charge on any atom is -0.478 e. The Morgan fingerprint density at radius 1 is 1.32 bits per heavy atom. The second-order valence-corrected chi connectivity index (χ2v) is 4.20. The lowest BCUT2D eigenvalue weighted by molar-refractivity contribution is -0.131. The van der Waals surface area contributed by atoms with Crippen molar-refractivity contribution in [1.82, 2.24) is 0 Å². The molecule has 0 radical (unpaired) electrons. The first kappa shape index (κ1) is 14.9. The number of nitrogens with one attached hydrogen (secondary N) is 1. The maximum atomic E-state index is 11.4. The van der Waals surface area contributed by atoms with E-state index >= 15 is 0 Å². The number of aliphatic carboxylic acids is 1. The van der Waals surface area contributed by atoms with Crippen LogP contribution in [0.3, 0.4) is 0 Å². The Kier molecular flexibility index (Phi) is 5.25. The van der Waals surface area contributed by atoms with E-state index in [0.717, 1.165) is 12.2 Å². The number of carbonyl (C=O) groups is 3. The van der Waals surface area contributed by atoms with Gasteiger partial charge >= 0.3 is 11.9 Å². The van der Waals surface area contributed by atoms with Gasteiger partial charge in [0.25, 0.3) is 0 Å². The number of esters is 1. The van der Waals surface area contributed by atoms with E-state index in [1.807, 2.05) is 0 Å². The molecule has 1 amide bonds. The number of benzene rings is 1. The molecule has 6 nitrogen and oxygen atoms in total. The fourth-order valence-corrected chi connectivity index (χ4v) is 1.61. The number of amides is 1. The summed E-state index contributed by atoms with van der Waals surface area (Å²) in [5, 5.41) is 10.8. The molecular weight excluding hydrogens is 318 g/mol. The van der Waals surface area contributed by atoms with Crippen LogP contribution in [0, 0.1) is 0 Å². The Bertz CT molecular complexity index is 553. The van der Waals surface area contributed by atoms with Gasteiger partial charge < -0.3 is 15.2 Å². The number of halogens is 1. The van der Waals surface area contributed by atoms with E-state index in [4.69, 9.17) is 5.11 Å². The molecule has 0 aliphatic rings. The third-order valence-electron chi connectivity index (χ3n) is 2.02. The summed E-state index contributed by atoms with van der Waals surface area (Å²) in [6.45, 7) is 0. The SMILES string of the molecule is COC(=O)c1cc(NC(=O)C=CC(=O)O)ccc1Br.